The van der Waals surface area contributed by atoms with Crippen molar-refractivity contribution in [2.45, 2.75) is 91.4 Å². The molecule has 2 aliphatic rings. The van der Waals surface area contributed by atoms with E-state index in [1.54, 1.807) is 12.1 Å². The molecule has 2 aliphatic carbocycles. The molecule has 0 nitrogen and oxygen atoms in total. The third-order valence-electron chi connectivity index (χ3n) is 9.97. The first kappa shape index (κ1) is 42.0. The van der Waals surface area contributed by atoms with Crippen molar-refractivity contribution >= 4 is 31.3 Å². The van der Waals surface area contributed by atoms with E-state index in [9.17, 15) is 26.3 Å². The number of allylic oxidation sites excluding steroid dienone is 4. The van der Waals surface area contributed by atoms with Crippen LogP contribution in [-0.4, -0.2) is 3.21 Å². The molecular weight excluding hydrogens is 793 g/mol. The van der Waals surface area contributed by atoms with E-state index < -0.39 is 44.7 Å². The van der Waals surface area contributed by atoms with E-state index >= 15 is 0 Å². The fourth-order valence-electron chi connectivity index (χ4n) is 7.78. The van der Waals surface area contributed by atoms with Crippen LogP contribution in [0.1, 0.15) is 104 Å². The summed E-state index contributed by atoms with van der Waals surface area (Å²) in [5, 5.41) is 0. The molecule has 0 amide bonds. The number of aryl methyl sites for hydroxylation is 1. The van der Waals surface area contributed by atoms with Crippen LogP contribution in [0.5, 0.6) is 0 Å². The number of halogens is 8. The summed E-state index contributed by atoms with van der Waals surface area (Å²) in [5.74, 6) is 0. The van der Waals surface area contributed by atoms with Crippen LogP contribution in [0.3, 0.4) is 0 Å². The fraction of sp³-hybridized carbons (Fsp3) is 0.326. The molecule has 0 unspecified atom stereocenters. The molecule has 0 aromatic heterocycles. The summed E-state index contributed by atoms with van der Waals surface area (Å²) in [5.41, 5.74) is 8.05. The quantitative estimate of drug-likeness (QED) is 0.158. The molecule has 4 aromatic rings. The van der Waals surface area contributed by atoms with Gasteiger partial charge in [-0.25, -0.2) is 0 Å². The molecule has 0 saturated heterocycles. The summed E-state index contributed by atoms with van der Waals surface area (Å²) in [6.07, 6.45) is -1.86. The summed E-state index contributed by atoms with van der Waals surface area (Å²) in [6, 6.07) is 17.3. The van der Waals surface area contributed by atoms with Gasteiger partial charge >= 0.3 is 301 Å². The van der Waals surface area contributed by atoms with Gasteiger partial charge < -0.3 is 0 Å². The van der Waals surface area contributed by atoms with Gasteiger partial charge in [-0.2, -0.15) is 0 Å². The molecule has 0 fully saturated rings. The second kappa shape index (κ2) is 14.8. The molecule has 0 bridgehead atoms. The molecule has 4 aromatic carbocycles. The molecule has 9 heteroatoms. The first-order chi connectivity index (χ1) is 23.2. The standard InChI is InChI=1S/C23H29.C15H8F6.C5H5.2ClH.Zr/c1-14-9-16-11-17-10-15(2)21(23(6,7)8)13-19(17)18(16)12-20(14)22(3,4)5;16-14(17,18)12-5-1-3-10(8-12)7-11-4-2-6-13(9-11)15(19,20)21;1-2-4-5-3-1;;;/h9,12-13H,11H2,1-8H3;1-6,8-9H;1-3H,4H2;2*1H;. The minimum absolute atomic E-state index is 0. The Morgan fingerprint density at radius 3 is 1.63 bits per heavy atom. The maximum atomic E-state index is 14.2. The smallest absolute Gasteiger partial charge is 0.147 e. The van der Waals surface area contributed by atoms with Crippen molar-refractivity contribution in [3.8, 4) is 11.1 Å². The van der Waals surface area contributed by atoms with Crippen LogP contribution < -0.4 is 3.27 Å². The Hall–Kier alpha value is -2.73. The van der Waals surface area contributed by atoms with Crippen molar-refractivity contribution in [1.29, 1.82) is 0 Å². The van der Waals surface area contributed by atoms with Crippen LogP contribution in [0.4, 0.5) is 26.3 Å². The maximum Gasteiger partial charge on any atom is -0.147 e. The predicted octanol–water partition coefficient (Wildman–Crippen LogP) is 12.7. The molecule has 0 saturated carbocycles. The molecule has 0 N–H and O–H groups in total. The van der Waals surface area contributed by atoms with Crippen LogP contribution in [0, 0.1) is 13.8 Å². The Morgan fingerprint density at radius 2 is 1.17 bits per heavy atom. The Kier molecular flexibility index (Phi) is 12.0. The van der Waals surface area contributed by atoms with E-state index in [4.69, 9.17) is 0 Å². The average Bonchev–Trinajstić information content (AvgIpc) is 3.66. The molecule has 52 heavy (non-hydrogen) atoms. The van der Waals surface area contributed by atoms with Gasteiger partial charge in [0.1, 0.15) is 0 Å². The van der Waals surface area contributed by atoms with Crippen molar-refractivity contribution in [3.05, 3.63) is 144 Å². The van der Waals surface area contributed by atoms with Gasteiger partial charge in [-0.05, 0) is 0 Å². The monoisotopic (exact) mass is 834 g/mol. The SMILES string of the molecule is Cc1cc2c(cc1C(C)(C)C)-c1cc(C(C)(C)C)c(C)[c]([Zr]([C]3=CC=CC3)=[C](c3cccc(C(F)(F)F)c3)c3cccc(C(F)(F)F)c3)c1C2.Cl.Cl. The van der Waals surface area contributed by atoms with Gasteiger partial charge in [0.25, 0.3) is 0 Å². The van der Waals surface area contributed by atoms with E-state index in [2.05, 4.69) is 79.7 Å². The minimum atomic E-state index is -4.61. The minimum Gasteiger partial charge on any atom is -0.147 e. The molecule has 0 spiro atoms. The molecule has 276 valence electrons. The van der Waals surface area contributed by atoms with E-state index in [0.29, 0.717) is 27.2 Å². The van der Waals surface area contributed by atoms with E-state index in [1.165, 1.54) is 34.4 Å². The summed E-state index contributed by atoms with van der Waals surface area (Å²) < 4.78 is 88.4. The maximum absolute atomic E-state index is 14.2. The largest absolute Gasteiger partial charge is 0.147 e. The predicted molar refractivity (Wildman–Crippen MR) is 204 cm³/mol. The topological polar surface area (TPSA) is 0 Å². The van der Waals surface area contributed by atoms with Crippen LogP contribution in [0.25, 0.3) is 11.1 Å². The molecule has 6 rings (SSSR count). The van der Waals surface area contributed by atoms with Crippen LogP contribution in [0.2, 0.25) is 0 Å². The Morgan fingerprint density at radius 1 is 0.654 bits per heavy atom. The first-order valence-electron chi connectivity index (χ1n) is 16.9. The average molecular weight is 837 g/mol. The molecule has 0 atom stereocenters. The Balaban J connectivity index is 0.00000302. The second-order valence-electron chi connectivity index (χ2n) is 15.7. The van der Waals surface area contributed by atoms with Crippen molar-refractivity contribution in [2.24, 2.45) is 0 Å². The third-order valence-corrected chi connectivity index (χ3v) is 18.0. The number of rotatable bonds is 4. The van der Waals surface area contributed by atoms with Gasteiger partial charge in [-0.1, -0.05) is 0 Å². The summed E-state index contributed by atoms with van der Waals surface area (Å²) in [4.78, 5) is 0. The van der Waals surface area contributed by atoms with Gasteiger partial charge in [0.2, 0.25) is 0 Å². The summed E-state index contributed by atoms with van der Waals surface area (Å²) >= 11 is -3.64. The van der Waals surface area contributed by atoms with Crippen molar-refractivity contribution < 1.29 is 47.6 Å². The van der Waals surface area contributed by atoms with Gasteiger partial charge in [0, 0.05) is 0 Å². The van der Waals surface area contributed by atoms with Crippen molar-refractivity contribution in [2.75, 3.05) is 0 Å². The fourth-order valence-corrected chi connectivity index (χ4v) is 16.1. The van der Waals surface area contributed by atoms with Crippen molar-refractivity contribution in [3.63, 3.8) is 0 Å². The number of fused-ring (bicyclic) bond motifs is 3. The number of hydrogen-bond donors (Lipinski definition) is 0. The Bertz CT molecular complexity index is 2060. The van der Waals surface area contributed by atoms with Crippen LogP contribution >= 0.6 is 24.8 Å². The normalized spacial score (nSPS) is 13.9. The number of hydrogen-bond acceptors (Lipinski definition) is 0. The zero-order valence-corrected chi connectivity index (χ0v) is 34.7. The number of benzene rings is 4. The third kappa shape index (κ3) is 8.03. The van der Waals surface area contributed by atoms with E-state index in [0.717, 1.165) is 53.1 Å². The van der Waals surface area contributed by atoms with Gasteiger partial charge in [0.05, 0.1) is 0 Å². The first-order valence-corrected chi connectivity index (χ1v) is 20.6. The van der Waals surface area contributed by atoms with E-state index in [1.807, 2.05) is 12.2 Å². The van der Waals surface area contributed by atoms with Crippen LogP contribution in [-0.2, 0) is 50.9 Å². The van der Waals surface area contributed by atoms with Crippen LogP contribution in [0.15, 0.2) is 88.2 Å². The summed E-state index contributed by atoms with van der Waals surface area (Å²) in [7, 11) is 0. The molecule has 0 radical (unpaired) electrons. The summed E-state index contributed by atoms with van der Waals surface area (Å²) in [6.45, 7) is 17.4. The molecular formula is C43H44Cl2F6Zr. The zero-order valence-electron chi connectivity index (χ0n) is 30.6. The number of alkyl halides is 6. The van der Waals surface area contributed by atoms with Gasteiger partial charge in [-0.3, -0.25) is 0 Å². The zero-order chi connectivity index (χ0) is 36.6. The van der Waals surface area contributed by atoms with Gasteiger partial charge in [-0.15, -0.1) is 24.8 Å². The van der Waals surface area contributed by atoms with E-state index in [-0.39, 0.29) is 35.6 Å². The van der Waals surface area contributed by atoms with Gasteiger partial charge in [0.15, 0.2) is 0 Å². The second-order valence-corrected chi connectivity index (χ2v) is 21.6. The van der Waals surface area contributed by atoms with Crippen molar-refractivity contribution in [1.82, 2.24) is 0 Å². The molecule has 0 heterocycles. The Labute approximate surface area is 323 Å². The molecule has 0 aliphatic heterocycles.